The van der Waals surface area contributed by atoms with Gasteiger partial charge in [-0.2, -0.15) is 10.5 Å². The average molecular weight is 293 g/mol. The largest absolute Gasteiger partial charge is 0.354 e. The number of allylic oxidation sites excluding steroid dienone is 1. The van der Waals surface area contributed by atoms with E-state index in [4.69, 9.17) is 10.5 Å². The minimum atomic E-state index is -0.556. The fourth-order valence-corrected chi connectivity index (χ4v) is 1.37. The molecule has 6 nitrogen and oxygen atoms in total. The Hall–Kier alpha value is -2.38. The Kier molecular flexibility index (Phi) is 4.21. The summed E-state index contributed by atoms with van der Waals surface area (Å²) in [5.41, 5.74) is -0.103. The number of hydrogen-bond acceptors (Lipinski definition) is 5. The molecule has 0 spiro atoms. The molecule has 0 heterocycles. The summed E-state index contributed by atoms with van der Waals surface area (Å²) in [6, 6.07) is 7.70. The summed E-state index contributed by atoms with van der Waals surface area (Å²) in [4.78, 5) is 10.2. The maximum atomic E-state index is 10.8. The molecule has 17 heavy (non-hydrogen) atoms. The van der Waals surface area contributed by atoms with Crippen molar-refractivity contribution in [2.24, 2.45) is 0 Å². The summed E-state index contributed by atoms with van der Waals surface area (Å²) < 4.78 is 0.569. The standard InChI is InChI=1S/C10H5BrN4O2/c11-8-1-2-9(10(3-8)15(16)17)14-6-7(4-12)5-13/h1-3,6,14H. The van der Waals surface area contributed by atoms with Crippen molar-refractivity contribution in [1.82, 2.24) is 0 Å². The second kappa shape index (κ2) is 5.64. The highest BCUT2D eigenvalue weighted by atomic mass is 79.9. The van der Waals surface area contributed by atoms with Gasteiger partial charge in [0.15, 0.2) is 0 Å². The summed E-state index contributed by atoms with van der Waals surface area (Å²) >= 11 is 3.12. The van der Waals surface area contributed by atoms with Gasteiger partial charge in [0.05, 0.1) is 4.92 Å². The van der Waals surface area contributed by atoms with Crippen LogP contribution >= 0.6 is 15.9 Å². The molecule has 0 unspecified atom stereocenters. The molecule has 0 saturated carbocycles. The first-order valence-electron chi connectivity index (χ1n) is 4.29. The molecule has 0 bridgehead atoms. The SMILES string of the molecule is N#CC(C#N)=CNc1ccc(Br)cc1[N+](=O)[O-]. The van der Waals surface area contributed by atoms with Crippen LogP contribution in [-0.4, -0.2) is 4.92 Å². The highest BCUT2D eigenvalue weighted by molar-refractivity contribution is 9.10. The fraction of sp³-hybridized carbons (Fsp3) is 0. The molecule has 0 fully saturated rings. The third-order valence-electron chi connectivity index (χ3n) is 1.77. The highest BCUT2D eigenvalue weighted by Gasteiger charge is 2.13. The molecule has 1 N–H and O–H groups in total. The number of halogens is 1. The molecular weight excluding hydrogens is 288 g/mol. The van der Waals surface area contributed by atoms with Crippen LogP contribution in [0.25, 0.3) is 0 Å². The summed E-state index contributed by atoms with van der Waals surface area (Å²) in [6.45, 7) is 0. The lowest BCUT2D eigenvalue weighted by molar-refractivity contribution is -0.384. The predicted molar refractivity (Wildman–Crippen MR) is 63.7 cm³/mol. The Labute approximate surface area is 105 Å². The number of anilines is 1. The Morgan fingerprint density at radius 2 is 2.12 bits per heavy atom. The zero-order valence-corrected chi connectivity index (χ0v) is 9.93. The zero-order chi connectivity index (χ0) is 12.8. The molecule has 0 atom stereocenters. The third-order valence-corrected chi connectivity index (χ3v) is 2.26. The lowest BCUT2D eigenvalue weighted by Crippen LogP contribution is -1.96. The average Bonchev–Trinajstić information content (AvgIpc) is 2.31. The topological polar surface area (TPSA) is 103 Å². The fourth-order valence-electron chi connectivity index (χ4n) is 1.02. The number of nitriles is 2. The van der Waals surface area contributed by atoms with E-state index in [0.29, 0.717) is 4.47 Å². The molecular formula is C10H5BrN4O2. The van der Waals surface area contributed by atoms with E-state index in [2.05, 4.69) is 21.2 Å². The van der Waals surface area contributed by atoms with Gasteiger partial charge in [-0.3, -0.25) is 10.1 Å². The quantitative estimate of drug-likeness (QED) is 0.524. The van der Waals surface area contributed by atoms with Crippen LogP contribution in [0.5, 0.6) is 0 Å². The summed E-state index contributed by atoms with van der Waals surface area (Å²) in [5.74, 6) is 0. The van der Waals surface area contributed by atoms with E-state index >= 15 is 0 Å². The molecule has 84 valence electrons. The molecule has 0 aliphatic carbocycles. The number of nitro benzene ring substituents is 1. The van der Waals surface area contributed by atoms with Crippen LogP contribution in [0.4, 0.5) is 11.4 Å². The Bertz CT molecular complexity index is 553. The van der Waals surface area contributed by atoms with Crippen molar-refractivity contribution in [2.45, 2.75) is 0 Å². The Morgan fingerprint density at radius 3 is 2.65 bits per heavy atom. The van der Waals surface area contributed by atoms with E-state index in [1.54, 1.807) is 18.2 Å². The first kappa shape index (κ1) is 12.7. The molecule has 0 aromatic heterocycles. The highest BCUT2D eigenvalue weighted by Crippen LogP contribution is 2.27. The molecule has 0 aliphatic rings. The van der Waals surface area contributed by atoms with Crippen LogP contribution in [0.1, 0.15) is 0 Å². The van der Waals surface area contributed by atoms with Crippen LogP contribution in [-0.2, 0) is 0 Å². The van der Waals surface area contributed by atoms with Crippen molar-refractivity contribution in [1.29, 1.82) is 10.5 Å². The lowest BCUT2D eigenvalue weighted by atomic mass is 10.2. The Morgan fingerprint density at radius 1 is 1.47 bits per heavy atom. The van der Waals surface area contributed by atoms with Gasteiger partial charge in [0.2, 0.25) is 0 Å². The van der Waals surface area contributed by atoms with E-state index in [-0.39, 0.29) is 16.9 Å². The number of benzene rings is 1. The van der Waals surface area contributed by atoms with Crippen LogP contribution in [0.2, 0.25) is 0 Å². The molecule has 0 amide bonds. The number of nitro groups is 1. The zero-order valence-electron chi connectivity index (χ0n) is 8.35. The summed E-state index contributed by atoms with van der Waals surface area (Å²) in [5, 5.41) is 30.3. The van der Waals surface area contributed by atoms with Gasteiger partial charge < -0.3 is 5.32 Å². The van der Waals surface area contributed by atoms with Crippen molar-refractivity contribution < 1.29 is 4.92 Å². The monoisotopic (exact) mass is 292 g/mol. The van der Waals surface area contributed by atoms with E-state index in [1.807, 2.05) is 0 Å². The van der Waals surface area contributed by atoms with Gasteiger partial charge in [0, 0.05) is 16.7 Å². The van der Waals surface area contributed by atoms with Gasteiger partial charge in [-0.25, -0.2) is 0 Å². The Balaban J connectivity index is 3.09. The number of nitrogens with one attached hydrogen (secondary N) is 1. The number of rotatable bonds is 3. The van der Waals surface area contributed by atoms with Crippen LogP contribution in [0.3, 0.4) is 0 Å². The van der Waals surface area contributed by atoms with Crippen molar-refractivity contribution in [3.05, 3.63) is 44.6 Å². The van der Waals surface area contributed by atoms with Gasteiger partial charge in [0.25, 0.3) is 5.69 Å². The van der Waals surface area contributed by atoms with E-state index < -0.39 is 4.92 Å². The smallest absolute Gasteiger partial charge is 0.293 e. The van der Waals surface area contributed by atoms with E-state index in [0.717, 1.165) is 6.20 Å². The minimum Gasteiger partial charge on any atom is -0.354 e. The van der Waals surface area contributed by atoms with Crippen LogP contribution < -0.4 is 5.32 Å². The first-order valence-corrected chi connectivity index (χ1v) is 5.08. The summed E-state index contributed by atoms with van der Waals surface area (Å²) in [6.07, 6.45) is 1.12. The van der Waals surface area contributed by atoms with Gasteiger partial charge >= 0.3 is 0 Å². The number of nitrogens with zero attached hydrogens (tertiary/aromatic N) is 3. The molecule has 7 heteroatoms. The predicted octanol–water partition coefficient (Wildman–Crippen LogP) is 2.70. The molecule has 1 rings (SSSR count). The van der Waals surface area contributed by atoms with Gasteiger partial charge in [-0.05, 0) is 12.1 Å². The van der Waals surface area contributed by atoms with Gasteiger partial charge in [-0.15, -0.1) is 0 Å². The summed E-state index contributed by atoms with van der Waals surface area (Å²) in [7, 11) is 0. The lowest BCUT2D eigenvalue weighted by Gasteiger charge is -2.02. The minimum absolute atomic E-state index is 0.147. The van der Waals surface area contributed by atoms with Gasteiger partial charge in [-0.1, -0.05) is 15.9 Å². The first-order chi connectivity index (χ1) is 8.08. The van der Waals surface area contributed by atoms with Crippen molar-refractivity contribution >= 4 is 27.3 Å². The number of hydrogen-bond donors (Lipinski definition) is 1. The van der Waals surface area contributed by atoms with Gasteiger partial charge in [0.1, 0.15) is 23.4 Å². The molecule has 0 saturated heterocycles. The van der Waals surface area contributed by atoms with Crippen LogP contribution in [0, 0.1) is 32.8 Å². The second-order valence-corrected chi connectivity index (χ2v) is 3.76. The molecule has 0 radical (unpaired) electrons. The van der Waals surface area contributed by atoms with Crippen LogP contribution in [0.15, 0.2) is 34.4 Å². The third kappa shape index (κ3) is 3.30. The van der Waals surface area contributed by atoms with Crippen molar-refractivity contribution in [2.75, 3.05) is 5.32 Å². The normalized spacial score (nSPS) is 8.65. The molecule has 1 aromatic rings. The van der Waals surface area contributed by atoms with E-state index in [1.165, 1.54) is 12.1 Å². The van der Waals surface area contributed by atoms with Crippen molar-refractivity contribution in [3.8, 4) is 12.1 Å². The second-order valence-electron chi connectivity index (χ2n) is 2.84. The van der Waals surface area contributed by atoms with E-state index in [9.17, 15) is 10.1 Å². The van der Waals surface area contributed by atoms with Crippen molar-refractivity contribution in [3.63, 3.8) is 0 Å². The molecule has 1 aromatic carbocycles. The maximum Gasteiger partial charge on any atom is 0.293 e. The molecule has 0 aliphatic heterocycles. The maximum absolute atomic E-state index is 10.8.